The third-order valence-corrected chi connectivity index (χ3v) is 7.26. The lowest BCUT2D eigenvalue weighted by Gasteiger charge is -2.28. The highest BCUT2D eigenvalue weighted by molar-refractivity contribution is 9.10. The van der Waals surface area contributed by atoms with Gasteiger partial charge in [0.1, 0.15) is 0 Å². The number of aliphatic hydroxyl groups excluding tert-OH is 1. The van der Waals surface area contributed by atoms with E-state index in [-0.39, 0.29) is 6.61 Å². The van der Waals surface area contributed by atoms with Crippen molar-refractivity contribution in [1.29, 1.82) is 0 Å². The van der Waals surface area contributed by atoms with Gasteiger partial charge in [-0.1, -0.05) is 61.7 Å². The summed E-state index contributed by atoms with van der Waals surface area (Å²) in [6.45, 7) is 2.13. The Balaban J connectivity index is 1.57. The monoisotopic (exact) mass is 612 g/mol. The molecular formula is C32H26Br2N2O. The van der Waals surface area contributed by atoms with Crippen molar-refractivity contribution in [2.75, 3.05) is 9.80 Å². The van der Waals surface area contributed by atoms with Gasteiger partial charge in [-0.15, -0.1) is 0 Å². The molecule has 0 saturated carbocycles. The van der Waals surface area contributed by atoms with Gasteiger partial charge < -0.3 is 14.9 Å². The van der Waals surface area contributed by atoms with Crippen LogP contribution in [0.25, 0.3) is 0 Å². The van der Waals surface area contributed by atoms with Crippen LogP contribution in [0, 0.1) is 6.92 Å². The van der Waals surface area contributed by atoms with Crippen molar-refractivity contribution >= 4 is 66.0 Å². The molecule has 5 heteroatoms. The van der Waals surface area contributed by atoms with Crippen LogP contribution in [-0.4, -0.2) is 5.11 Å². The number of nitrogens with zero attached hydrogens (tertiary/aromatic N) is 2. The molecule has 5 aromatic carbocycles. The van der Waals surface area contributed by atoms with Crippen molar-refractivity contribution in [3.05, 3.63) is 141 Å². The van der Waals surface area contributed by atoms with Crippen molar-refractivity contribution in [2.45, 2.75) is 13.5 Å². The molecule has 1 N–H and O–H groups in total. The molecule has 0 amide bonds. The van der Waals surface area contributed by atoms with Crippen LogP contribution < -0.4 is 9.80 Å². The predicted molar refractivity (Wildman–Crippen MR) is 162 cm³/mol. The maximum absolute atomic E-state index is 9.51. The number of rotatable bonds is 7. The van der Waals surface area contributed by atoms with Crippen molar-refractivity contribution in [2.24, 2.45) is 0 Å². The third kappa shape index (κ3) is 5.80. The van der Waals surface area contributed by atoms with Gasteiger partial charge in [0.05, 0.1) is 6.61 Å². The van der Waals surface area contributed by atoms with Crippen LogP contribution in [0.1, 0.15) is 11.1 Å². The highest BCUT2D eigenvalue weighted by Crippen LogP contribution is 2.39. The number of anilines is 6. The average Bonchev–Trinajstić information content (AvgIpc) is 2.93. The van der Waals surface area contributed by atoms with E-state index < -0.39 is 0 Å². The molecule has 0 spiro atoms. The van der Waals surface area contributed by atoms with Crippen LogP contribution >= 0.6 is 31.9 Å². The van der Waals surface area contributed by atoms with Crippen molar-refractivity contribution in [3.8, 4) is 0 Å². The summed E-state index contributed by atoms with van der Waals surface area (Å²) in [5, 5.41) is 9.51. The minimum Gasteiger partial charge on any atom is -0.392 e. The summed E-state index contributed by atoms with van der Waals surface area (Å²) >= 11 is 7.11. The largest absolute Gasteiger partial charge is 0.392 e. The van der Waals surface area contributed by atoms with Crippen LogP contribution in [0.2, 0.25) is 0 Å². The molecule has 0 aliphatic carbocycles. The molecule has 0 unspecified atom stereocenters. The molecule has 0 aliphatic rings. The maximum Gasteiger partial charge on any atom is 0.0681 e. The second-order valence-corrected chi connectivity index (χ2v) is 10.6. The van der Waals surface area contributed by atoms with Gasteiger partial charge in [-0.25, -0.2) is 0 Å². The van der Waals surface area contributed by atoms with Gasteiger partial charge in [-0.2, -0.15) is 0 Å². The molecule has 0 saturated heterocycles. The number of benzene rings is 5. The third-order valence-electron chi connectivity index (χ3n) is 6.21. The molecule has 5 aromatic rings. The number of aryl methyl sites for hydroxylation is 1. The molecule has 3 nitrogen and oxygen atoms in total. The van der Waals surface area contributed by atoms with Gasteiger partial charge >= 0.3 is 0 Å². The summed E-state index contributed by atoms with van der Waals surface area (Å²) in [5.74, 6) is 0. The Bertz CT molecular complexity index is 1400. The smallest absolute Gasteiger partial charge is 0.0681 e. The highest BCUT2D eigenvalue weighted by atomic mass is 79.9. The summed E-state index contributed by atoms with van der Waals surface area (Å²) in [6.07, 6.45) is 0. The molecule has 0 aliphatic heterocycles. The van der Waals surface area contributed by atoms with Crippen molar-refractivity contribution in [1.82, 2.24) is 0 Å². The number of aliphatic hydroxyl groups is 1. The number of hydrogen-bond donors (Lipinski definition) is 1. The van der Waals surface area contributed by atoms with E-state index in [9.17, 15) is 5.11 Å². The highest BCUT2D eigenvalue weighted by Gasteiger charge is 2.16. The summed E-state index contributed by atoms with van der Waals surface area (Å²) in [4.78, 5) is 4.48. The van der Waals surface area contributed by atoms with Gasteiger partial charge in [0.15, 0.2) is 0 Å². The zero-order valence-electron chi connectivity index (χ0n) is 20.4. The van der Waals surface area contributed by atoms with Gasteiger partial charge in [0.25, 0.3) is 0 Å². The second kappa shape index (κ2) is 11.3. The van der Waals surface area contributed by atoms with Gasteiger partial charge in [0.2, 0.25) is 0 Å². The van der Waals surface area contributed by atoms with Gasteiger partial charge in [-0.05, 0) is 110 Å². The standard InChI is InChI=1S/C32H26Br2N2O/c1-23-2-10-27(11-3-23)35(29-14-6-25(33)7-15-29)31-18-20-32(21-19-31)36(30-16-8-26(34)9-17-30)28-12-4-24(22-37)5-13-28/h2-21,37H,22H2,1H3. The Morgan fingerprint density at radius 1 is 0.459 bits per heavy atom. The minimum atomic E-state index is 0.0260. The van der Waals surface area contributed by atoms with E-state index in [4.69, 9.17) is 0 Å². The van der Waals surface area contributed by atoms with E-state index in [1.165, 1.54) is 5.56 Å². The van der Waals surface area contributed by atoms with Crippen molar-refractivity contribution < 1.29 is 5.11 Å². The molecule has 0 heterocycles. The van der Waals surface area contributed by atoms with Crippen LogP contribution in [0.5, 0.6) is 0 Å². The molecule has 0 fully saturated rings. The normalized spacial score (nSPS) is 10.8. The fourth-order valence-corrected chi connectivity index (χ4v) is 4.80. The second-order valence-electron chi connectivity index (χ2n) is 8.80. The maximum atomic E-state index is 9.51. The van der Waals surface area contributed by atoms with Crippen LogP contribution in [-0.2, 0) is 6.61 Å². The van der Waals surface area contributed by atoms with Gasteiger partial charge in [0, 0.05) is 43.1 Å². The molecule has 0 atom stereocenters. The average molecular weight is 614 g/mol. The summed E-state index contributed by atoms with van der Waals surface area (Å²) in [5.41, 5.74) is 8.50. The van der Waals surface area contributed by atoms with Crippen LogP contribution in [0.15, 0.2) is 130 Å². The van der Waals surface area contributed by atoms with Crippen molar-refractivity contribution in [3.63, 3.8) is 0 Å². The lowest BCUT2D eigenvalue weighted by Crippen LogP contribution is -2.12. The van der Waals surface area contributed by atoms with Crippen LogP contribution in [0.4, 0.5) is 34.1 Å². The number of hydrogen-bond acceptors (Lipinski definition) is 3. The SMILES string of the molecule is Cc1ccc(N(c2ccc(Br)cc2)c2ccc(N(c3ccc(Br)cc3)c3ccc(CO)cc3)cc2)cc1. The Kier molecular flexibility index (Phi) is 7.75. The lowest BCUT2D eigenvalue weighted by molar-refractivity contribution is 0.282. The first-order valence-electron chi connectivity index (χ1n) is 12.0. The van der Waals surface area contributed by atoms with E-state index in [0.717, 1.165) is 48.6 Å². The predicted octanol–water partition coefficient (Wildman–Crippen LogP) is 9.95. The number of halogens is 2. The van der Waals surface area contributed by atoms with Gasteiger partial charge in [-0.3, -0.25) is 0 Å². The Morgan fingerprint density at radius 3 is 1.05 bits per heavy atom. The Labute approximate surface area is 234 Å². The first-order valence-corrected chi connectivity index (χ1v) is 13.6. The summed E-state index contributed by atoms with van der Waals surface area (Å²) < 4.78 is 2.08. The fourth-order valence-electron chi connectivity index (χ4n) is 4.27. The molecule has 184 valence electrons. The van der Waals surface area contributed by atoms with E-state index >= 15 is 0 Å². The lowest BCUT2D eigenvalue weighted by atomic mass is 10.1. The van der Waals surface area contributed by atoms with E-state index in [2.05, 4.69) is 134 Å². The van der Waals surface area contributed by atoms with E-state index in [0.29, 0.717) is 0 Å². The molecule has 37 heavy (non-hydrogen) atoms. The van der Waals surface area contributed by atoms with Crippen LogP contribution in [0.3, 0.4) is 0 Å². The molecule has 0 radical (unpaired) electrons. The molecule has 0 aromatic heterocycles. The summed E-state index contributed by atoms with van der Waals surface area (Å²) in [7, 11) is 0. The first-order chi connectivity index (χ1) is 18.0. The molecular weight excluding hydrogens is 588 g/mol. The Hall–Kier alpha value is -3.38. The molecule has 5 rings (SSSR count). The fraction of sp³-hybridized carbons (Fsp3) is 0.0625. The zero-order valence-corrected chi connectivity index (χ0v) is 23.5. The Morgan fingerprint density at radius 2 is 0.730 bits per heavy atom. The molecule has 0 bridgehead atoms. The zero-order chi connectivity index (χ0) is 25.8. The minimum absolute atomic E-state index is 0.0260. The quantitative estimate of drug-likeness (QED) is 0.198. The van der Waals surface area contributed by atoms with E-state index in [1.54, 1.807) is 0 Å². The topological polar surface area (TPSA) is 26.7 Å². The summed E-state index contributed by atoms with van der Waals surface area (Å²) in [6, 6.07) is 41.9. The first kappa shape index (κ1) is 25.3. The van der Waals surface area contributed by atoms with E-state index in [1.807, 2.05) is 36.4 Å².